The molecule has 1 heterocycles. The predicted octanol–water partition coefficient (Wildman–Crippen LogP) is 2.65. The number of hydrogen-bond acceptors (Lipinski definition) is 3. The number of rotatable bonds is 5. The summed E-state index contributed by atoms with van der Waals surface area (Å²) in [5.41, 5.74) is 3.53. The zero-order valence-electron chi connectivity index (χ0n) is 13.8. The first-order valence-corrected chi connectivity index (χ1v) is 8.75. The summed E-state index contributed by atoms with van der Waals surface area (Å²) in [5.74, 6) is 0. The van der Waals surface area contributed by atoms with Gasteiger partial charge in [0.2, 0.25) is 10.0 Å². The van der Waals surface area contributed by atoms with Crippen LogP contribution in [0.15, 0.2) is 29.4 Å². The summed E-state index contributed by atoms with van der Waals surface area (Å²) in [6, 6.07) is 3.81. The Morgan fingerprint density at radius 1 is 1.18 bits per heavy atom. The molecular formula is C16H23N3O2S. The van der Waals surface area contributed by atoms with Crippen molar-refractivity contribution in [1.29, 1.82) is 0 Å². The van der Waals surface area contributed by atoms with Crippen LogP contribution in [0.3, 0.4) is 0 Å². The summed E-state index contributed by atoms with van der Waals surface area (Å²) >= 11 is 0. The molecule has 0 atom stereocenters. The minimum atomic E-state index is -3.52. The predicted molar refractivity (Wildman–Crippen MR) is 87.2 cm³/mol. The maximum atomic E-state index is 12.9. The molecule has 1 aromatic heterocycles. The summed E-state index contributed by atoms with van der Waals surface area (Å²) in [5, 5.41) is 4.18. The zero-order chi connectivity index (χ0) is 16.5. The highest BCUT2D eigenvalue weighted by atomic mass is 32.2. The summed E-state index contributed by atoms with van der Waals surface area (Å²) in [7, 11) is -1.91. The summed E-state index contributed by atoms with van der Waals surface area (Å²) < 4.78 is 28.9. The van der Waals surface area contributed by atoms with Crippen molar-refractivity contribution in [2.45, 2.75) is 45.7 Å². The van der Waals surface area contributed by atoms with Gasteiger partial charge in [0.1, 0.15) is 0 Å². The minimum Gasteiger partial charge on any atom is -0.273 e. The SMILES string of the molecule is CCn1cc(CN(C)S(=O)(=O)c2c(C)cc(C)cc2C)cn1. The van der Waals surface area contributed by atoms with Gasteiger partial charge >= 0.3 is 0 Å². The fourth-order valence-electron chi connectivity index (χ4n) is 2.73. The molecule has 0 saturated carbocycles. The molecule has 1 aromatic carbocycles. The molecule has 2 aromatic rings. The van der Waals surface area contributed by atoms with E-state index in [1.54, 1.807) is 17.9 Å². The van der Waals surface area contributed by atoms with Gasteiger partial charge < -0.3 is 0 Å². The van der Waals surface area contributed by atoms with Gasteiger partial charge in [-0.25, -0.2) is 8.42 Å². The highest BCUT2D eigenvalue weighted by Crippen LogP contribution is 2.25. The van der Waals surface area contributed by atoms with Gasteiger partial charge in [-0.2, -0.15) is 9.40 Å². The number of sulfonamides is 1. The Kier molecular flexibility index (Phi) is 4.72. The van der Waals surface area contributed by atoms with Crippen LogP contribution in [0.5, 0.6) is 0 Å². The molecule has 0 bridgehead atoms. The van der Waals surface area contributed by atoms with Crippen molar-refractivity contribution in [2.24, 2.45) is 0 Å². The van der Waals surface area contributed by atoms with Gasteiger partial charge in [-0.1, -0.05) is 17.7 Å². The second kappa shape index (κ2) is 6.22. The maximum absolute atomic E-state index is 12.9. The molecule has 0 saturated heterocycles. The molecule has 0 unspecified atom stereocenters. The van der Waals surface area contributed by atoms with Crippen LogP contribution in [-0.2, 0) is 23.1 Å². The lowest BCUT2D eigenvalue weighted by Crippen LogP contribution is -2.27. The second-order valence-electron chi connectivity index (χ2n) is 5.69. The van der Waals surface area contributed by atoms with Crippen molar-refractivity contribution in [3.05, 3.63) is 46.8 Å². The molecule has 0 N–H and O–H groups in total. The van der Waals surface area contributed by atoms with E-state index in [1.165, 1.54) is 4.31 Å². The van der Waals surface area contributed by atoms with Crippen LogP contribution in [0.25, 0.3) is 0 Å². The molecule has 22 heavy (non-hydrogen) atoms. The van der Waals surface area contributed by atoms with Gasteiger partial charge in [0, 0.05) is 31.9 Å². The van der Waals surface area contributed by atoms with Gasteiger partial charge in [-0.05, 0) is 38.8 Å². The standard InChI is InChI=1S/C16H23N3O2S/c1-6-19-11-15(9-17-19)10-18(5)22(20,21)16-13(3)7-12(2)8-14(16)4/h7-9,11H,6,10H2,1-5H3. The zero-order valence-corrected chi connectivity index (χ0v) is 14.6. The Hall–Kier alpha value is -1.66. The molecule has 5 nitrogen and oxygen atoms in total. The van der Waals surface area contributed by atoms with E-state index >= 15 is 0 Å². The minimum absolute atomic E-state index is 0.315. The summed E-state index contributed by atoms with van der Waals surface area (Å²) in [4.78, 5) is 0.406. The summed E-state index contributed by atoms with van der Waals surface area (Å²) in [6.07, 6.45) is 3.59. The van der Waals surface area contributed by atoms with E-state index in [1.807, 2.05) is 46.0 Å². The van der Waals surface area contributed by atoms with Crippen LogP contribution in [-0.4, -0.2) is 29.6 Å². The highest BCUT2D eigenvalue weighted by molar-refractivity contribution is 7.89. The normalized spacial score (nSPS) is 12.1. The topological polar surface area (TPSA) is 55.2 Å². The van der Waals surface area contributed by atoms with Gasteiger partial charge in [-0.3, -0.25) is 4.68 Å². The third-order valence-corrected chi connectivity index (χ3v) is 5.80. The largest absolute Gasteiger partial charge is 0.273 e. The smallest absolute Gasteiger partial charge is 0.243 e. The van der Waals surface area contributed by atoms with Gasteiger partial charge in [-0.15, -0.1) is 0 Å². The Morgan fingerprint density at radius 2 is 1.77 bits per heavy atom. The lowest BCUT2D eigenvalue weighted by molar-refractivity contribution is 0.465. The monoisotopic (exact) mass is 321 g/mol. The Balaban J connectivity index is 2.33. The molecule has 0 fully saturated rings. The fraction of sp³-hybridized carbons (Fsp3) is 0.438. The lowest BCUT2D eigenvalue weighted by Gasteiger charge is -2.20. The molecule has 0 aliphatic carbocycles. The van der Waals surface area contributed by atoms with Crippen LogP contribution < -0.4 is 0 Å². The first-order valence-electron chi connectivity index (χ1n) is 7.31. The van der Waals surface area contributed by atoms with Crippen LogP contribution in [0.4, 0.5) is 0 Å². The van der Waals surface area contributed by atoms with E-state index in [4.69, 9.17) is 0 Å². The number of hydrogen-bond donors (Lipinski definition) is 0. The van der Waals surface area contributed by atoms with E-state index in [-0.39, 0.29) is 0 Å². The molecule has 0 aliphatic heterocycles. The average Bonchev–Trinajstić information content (AvgIpc) is 2.84. The van der Waals surface area contributed by atoms with Crippen LogP contribution in [0.1, 0.15) is 29.2 Å². The summed E-state index contributed by atoms with van der Waals surface area (Å²) in [6.45, 7) is 8.74. The van der Waals surface area contributed by atoms with Crippen molar-refractivity contribution < 1.29 is 8.42 Å². The van der Waals surface area contributed by atoms with Crippen LogP contribution in [0.2, 0.25) is 0 Å². The third kappa shape index (κ3) is 3.23. The highest BCUT2D eigenvalue weighted by Gasteiger charge is 2.25. The van der Waals surface area contributed by atoms with E-state index in [2.05, 4.69) is 5.10 Å². The first kappa shape index (κ1) is 16.7. The van der Waals surface area contributed by atoms with E-state index in [9.17, 15) is 8.42 Å². The van der Waals surface area contributed by atoms with E-state index < -0.39 is 10.0 Å². The number of benzene rings is 1. The van der Waals surface area contributed by atoms with Crippen molar-refractivity contribution in [3.8, 4) is 0 Å². The quantitative estimate of drug-likeness (QED) is 0.851. The molecule has 6 heteroatoms. The van der Waals surface area contributed by atoms with Crippen molar-refractivity contribution >= 4 is 10.0 Å². The Labute approximate surface area is 132 Å². The van der Waals surface area contributed by atoms with E-state index in [0.717, 1.165) is 28.8 Å². The Bertz CT molecular complexity index is 755. The van der Waals surface area contributed by atoms with Crippen molar-refractivity contribution in [1.82, 2.24) is 14.1 Å². The first-order chi connectivity index (χ1) is 10.3. The van der Waals surface area contributed by atoms with Gasteiger partial charge in [0.25, 0.3) is 0 Å². The van der Waals surface area contributed by atoms with Gasteiger partial charge in [0.15, 0.2) is 0 Å². The number of nitrogens with zero attached hydrogens (tertiary/aromatic N) is 3. The number of aryl methyl sites for hydroxylation is 4. The average molecular weight is 321 g/mol. The third-order valence-electron chi connectivity index (χ3n) is 3.69. The van der Waals surface area contributed by atoms with E-state index in [0.29, 0.717) is 11.4 Å². The molecule has 0 amide bonds. The van der Waals surface area contributed by atoms with Gasteiger partial charge in [0.05, 0.1) is 11.1 Å². The number of aromatic nitrogens is 2. The maximum Gasteiger partial charge on any atom is 0.243 e. The van der Waals surface area contributed by atoms with Crippen LogP contribution >= 0.6 is 0 Å². The molecule has 2 rings (SSSR count). The molecule has 0 radical (unpaired) electrons. The fourth-order valence-corrected chi connectivity index (χ4v) is 4.29. The van der Waals surface area contributed by atoms with Crippen molar-refractivity contribution in [2.75, 3.05) is 7.05 Å². The molecular weight excluding hydrogens is 298 g/mol. The second-order valence-corrected chi connectivity index (χ2v) is 7.67. The molecule has 120 valence electrons. The lowest BCUT2D eigenvalue weighted by atomic mass is 10.1. The molecule has 0 spiro atoms. The van der Waals surface area contributed by atoms with Crippen molar-refractivity contribution in [3.63, 3.8) is 0 Å². The molecule has 0 aliphatic rings. The van der Waals surface area contributed by atoms with Crippen LogP contribution in [0, 0.1) is 20.8 Å². The Morgan fingerprint density at radius 3 is 2.27 bits per heavy atom.